The van der Waals surface area contributed by atoms with Crippen molar-refractivity contribution in [2.24, 2.45) is 5.41 Å². The lowest BCUT2D eigenvalue weighted by Gasteiger charge is -2.30. The van der Waals surface area contributed by atoms with Gasteiger partial charge in [0.15, 0.2) is 11.5 Å². The number of ketones is 1. The number of ether oxygens (including phenoxy) is 2. The molecule has 1 aliphatic heterocycles. The Morgan fingerprint density at radius 1 is 1.21 bits per heavy atom. The summed E-state index contributed by atoms with van der Waals surface area (Å²) >= 11 is 0. The van der Waals surface area contributed by atoms with Gasteiger partial charge < -0.3 is 24.5 Å². The van der Waals surface area contributed by atoms with Gasteiger partial charge in [0, 0.05) is 6.07 Å². The molecular formula is C25H32N2O6. The Balaban J connectivity index is 1.74. The Kier molecular flexibility index (Phi) is 7.92. The third-order valence-electron chi connectivity index (χ3n) is 5.76. The van der Waals surface area contributed by atoms with Gasteiger partial charge in [-0.2, -0.15) is 0 Å². The van der Waals surface area contributed by atoms with Crippen molar-refractivity contribution in [2.75, 3.05) is 6.61 Å². The van der Waals surface area contributed by atoms with Crippen LogP contribution in [-0.4, -0.2) is 42.6 Å². The molecule has 8 heteroatoms. The molecule has 0 bridgehead atoms. The van der Waals surface area contributed by atoms with Crippen LogP contribution < -0.4 is 15.4 Å². The van der Waals surface area contributed by atoms with Crippen molar-refractivity contribution in [3.8, 4) is 5.75 Å². The first-order valence-electron chi connectivity index (χ1n) is 11.2. The van der Waals surface area contributed by atoms with Crippen molar-refractivity contribution in [1.29, 1.82) is 0 Å². The van der Waals surface area contributed by atoms with E-state index in [4.69, 9.17) is 13.9 Å². The van der Waals surface area contributed by atoms with E-state index in [1.165, 1.54) is 12.3 Å². The molecule has 1 aromatic carbocycles. The lowest BCUT2D eigenvalue weighted by atomic mass is 9.80. The summed E-state index contributed by atoms with van der Waals surface area (Å²) in [6.07, 6.45) is 1.91. The molecule has 2 unspecified atom stereocenters. The Morgan fingerprint density at radius 2 is 1.94 bits per heavy atom. The van der Waals surface area contributed by atoms with Crippen molar-refractivity contribution in [3.63, 3.8) is 0 Å². The number of aryl methyl sites for hydroxylation is 1. The fraction of sp³-hybridized carbons (Fsp3) is 0.480. The first kappa shape index (κ1) is 24.5. The van der Waals surface area contributed by atoms with Crippen molar-refractivity contribution in [3.05, 3.63) is 54.0 Å². The molecule has 0 radical (unpaired) electrons. The molecule has 1 aromatic heterocycles. The van der Waals surface area contributed by atoms with E-state index in [0.29, 0.717) is 25.0 Å². The van der Waals surface area contributed by atoms with Gasteiger partial charge in [-0.25, -0.2) is 4.79 Å². The maximum Gasteiger partial charge on any atom is 0.413 e. The number of rotatable bonds is 9. The molecule has 3 atom stereocenters. The quantitative estimate of drug-likeness (QED) is 0.597. The first-order valence-corrected chi connectivity index (χ1v) is 11.2. The Morgan fingerprint density at radius 3 is 2.58 bits per heavy atom. The molecule has 8 nitrogen and oxygen atoms in total. The van der Waals surface area contributed by atoms with E-state index in [2.05, 4.69) is 10.6 Å². The van der Waals surface area contributed by atoms with Gasteiger partial charge in [0.2, 0.25) is 5.91 Å². The topological polar surface area (TPSA) is 107 Å². The highest BCUT2D eigenvalue weighted by Gasteiger charge is 2.38. The lowest BCUT2D eigenvalue weighted by Crippen LogP contribution is -2.54. The van der Waals surface area contributed by atoms with E-state index in [9.17, 15) is 14.4 Å². The number of carbonyl (C=O) groups is 3. The van der Waals surface area contributed by atoms with Gasteiger partial charge in [-0.05, 0) is 37.2 Å². The van der Waals surface area contributed by atoms with Gasteiger partial charge in [0.25, 0.3) is 0 Å². The van der Waals surface area contributed by atoms with Crippen LogP contribution in [0, 0.1) is 12.3 Å². The fourth-order valence-electron chi connectivity index (χ4n) is 4.10. The smallest absolute Gasteiger partial charge is 0.413 e. The van der Waals surface area contributed by atoms with Crippen molar-refractivity contribution < 1.29 is 28.3 Å². The Bertz CT molecular complexity index is 968. The number of benzene rings is 1. The van der Waals surface area contributed by atoms with Crippen LogP contribution in [0.5, 0.6) is 5.75 Å². The van der Waals surface area contributed by atoms with Crippen LogP contribution in [0.1, 0.15) is 44.9 Å². The fourth-order valence-corrected chi connectivity index (χ4v) is 4.10. The summed E-state index contributed by atoms with van der Waals surface area (Å²) in [5.74, 6) is 0.115. The molecule has 3 rings (SSSR count). The van der Waals surface area contributed by atoms with Crippen molar-refractivity contribution >= 4 is 17.8 Å². The zero-order chi connectivity index (χ0) is 24.0. The molecule has 2 N–H and O–H groups in total. The number of Topliss-reactive ketones (excluding diaryl/α,β-unsaturated/α-hetero) is 1. The molecule has 1 fully saturated rings. The van der Waals surface area contributed by atoms with Gasteiger partial charge in [-0.3, -0.25) is 9.59 Å². The third kappa shape index (κ3) is 6.68. The van der Waals surface area contributed by atoms with Crippen LogP contribution in [0.3, 0.4) is 0 Å². The molecule has 1 saturated heterocycles. The van der Waals surface area contributed by atoms with Crippen LogP contribution in [0.25, 0.3) is 0 Å². The van der Waals surface area contributed by atoms with Crippen molar-refractivity contribution in [2.45, 2.75) is 65.1 Å². The van der Waals surface area contributed by atoms with E-state index in [1.54, 1.807) is 6.92 Å². The monoisotopic (exact) mass is 456 g/mol. The average Bonchev–Trinajstić information content (AvgIpc) is 3.32. The summed E-state index contributed by atoms with van der Waals surface area (Å²) in [5.41, 5.74) is 0.798. The van der Waals surface area contributed by atoms with E-state index in [1.807, 2.05) is 51.1 Å². The van der Waals surface area contributed by atoms with Crippen LogP contribution >= 0.6 is 0 Å². The largest absolute Gasteiger partial charge is 0.466 e. The van der Waals surface area contributed by atoms with E-state index < -0.39 is 24.1 Å². The summed E-state index contributed by atoms with van der Waals surface area (Å²) in [6.45, 7) is 7.61. The van der Waals surface area contributed by atoms with Gasteiger partial charge in [-0.1, -0.05) is 51.1 Å². The summed E-state index contributed by atoms with van der Waals surface area (Å²) in [4.78, 5) is 38.1. The number of hydrogen-bond donors (Lipinski definition) is 2. The second-order valence-corrected chi connectivity index (χ2v) is 9.17. The molecule has 33 heavy (non-hydrogen) atoms. The molecule has 2 heterocycles. The molecule has 0 saturated carbocycles. The molecule has 2 aromatic rings. The van der Waals surface area contributed by atoms with Gasteiger partial charge in [0.05, 0.1) is 12.4 Å². The van der Waals surface area contributed by atoms with Crippen molar-refractivity contribution in [1.82, 2.24) is 10.6 Å². The third-order valence-corrected chi connectivity index (χ3v) is 5.76. The summed E-state index contributed by atoms with van der Waals surface area (Å²) in [6, 6.07) is 9.84. The zero-order valence-corrected chi connectivity index (χ0v) is 19.6. The van der Waals surface area contributed by atoms with Crippen LogP contribution in [0.4, 0.5) is 4.79 Å². The minimum atomic E-state index is -0.908. The second kappa shape index (κ2) is 10.7. The molecule has 1 aliphatic rings. The SMILES string of the molecule is CCC1OCC(=O)C1NC(=O)[C@H](CC(C)(C)Cc1ccccc1)NC(=O)Oc1ccoc1C. The highest BCUT2D eigenvalue weighted by molar-refractivity contribution is 5.94. The predicted molar refractivity (Wildman–Crippen MR) is 122 cm³/mol. The van der Waals surface area contributed by atoms with Crippen LogP contribution in [-0.2, 0) is 20.7 Å². The van der Waals surface area contributed by atoms with E-state index in [-0.39, 0.29) is 29.7 Å². The maximum atomic E-state index is 13.2. The highest BCUT2D eigenvalue weighted by atomic mass is 16.6. The first-order chi connectivity index (χ1) is 15.7. The molecule has 178 valence electrons. The maximum absolute atomic E-state index is 13.2. The van der Waals surface area contributed by atoms with Gasteiger partial charge in [-0.15, -0.1) is 0 Å². The zero-order valence-electron chi connectivity index (χ0n) is 19.6. The molecule has 0 spiro atoms. The standard InChI is InChI=1S/C25H32N2O6/c1-5-20-22(19(28)15-32-20)27-23(29)18(26-24(30)33-21-11-12-31-16(21)2)14-25(3,4)13-17-9-7-6-8-10-17/h6-12,18,20,22H,5,13-15H2,1-4H3,(H,26,30)(H,27,29)/t18-,20?,22?/m0/s1. The van der Waals surface area contributed by atoms with Gasteiger partial charge >= 0.3 is 6.09 Å². The number of hydrogen-bond acceptors (Lipinski definition) is 6. The molecule has 0 aliphatic carbocycles. The number of nitrogens with one attached hydrogen (secondary N) is 2. The Labute approximate surface area is 194 Å². The minimum absolute atomic E-state index is 0.0249. The van der Waals surface area contributed by atoms with Gasteiger partial charge in [0.1, 0.15) is 24.5 Å². The number of amides is 2. The predicted octanol–water partition coefficient (Wildman–Crippen LogP) is 3.57. The number of carbonyl (C=O) groups excluding carboxylic acids is 3. The number of furan rings is 1. The lowest BCUT2D eigenvalue weighted by molar-refractivity contribution is -0.128. The average molecular weight is 457 g/mol. The summed E-state index contributed by atoms with van der Waals surface area (Å²) in [5, 5.41) is 5.47. The highest BCUT2D eigenvalue weighted by Crippen LogP contribution is 2.28. The normalized spacial score (nSPS) is 19.2. The van der Waals surface area contributed by atoms with Crippen LogP contribution in [0.2, 0.25) is 0 Å². The summed E-state index contributed by atoms with van der Waals surface area (Å²) in [7, 11) is 0. The Hall–Kier alpha value is -3.13. The molecule has 2 amide bonds. The summed E-state index contributed by atoms with van der Waals surface area (Å²) < 4.78 is 15.9. The second-order valence-electron chi connectivity index (χ2n) is 9.17. The van der Waals surface area contributed by atoms with E-state index >= 15 is 0 Å². The van der Waals surface area contributed by atoms with Crippen LogP contribution in [0.15, 0.2) is 47.1 Å². The molecular weight excluding hydrogens is 424 g/mol. The van der Waals surface area contributed by atoms with E-state index in [0.717, 1.165) is 5.56 Å². The minimum Gasteiger partial charge on any atom is -0.466 e.